The molecule has 1 aliphatic heterocycles. The van der Waals surface area contributed by atoms with Crippen LogP contribution in [0.15, 0.2) is 0 Å². The maximum atomic E-state index is 12.1. The second-order valence-electron chi connectivity index (χ2n) is 7.71. The summed E-state index contributed by atoms with van der Waals surface area (Å²) in [6.07, 6.45) is -1.35. The highest BCUT2D eigenvalue weighted by Gasteiger charge is 2.57. The number of carboxylic acid groups (broad SMARTS) is 1. The molecule has 1 saturated heterocycles. The fourth-order valence-electron chi connectivity index (χ4n) is 2.04. The van der Waals surface area contributed by atoms with Gasteiger partial charge in [0.15, 0.2) is 5.54 Å². The molecule has 8 heteroatoms. The molecule has 0 spiro atoms. The van der Waals surface area contributed by atoms with Crippen LogP contribution in [0, 0.1) is 0 Å². The van der Waals surface area contributed by atoms with Gasteiger partial charge in [-0.1, -0.05) is 0 Å². The summed E-state index contributed by atoms with van der Waals surface area (Å²) in [6.45, 7) is 9.96. The lowest BCUT2D eigenvalue weighted by molar-refractivity contribution is -0.161. The van der Waals surface area contributed by atoms with E-state index in [2.05, 4.69) is 0 Å². The van der Waals surface area contributed by atoms with Gasteiger partial charge >= 0.3 is 18.2 Å². The fourth-order valence-corrected chi connectivity index (χ4v) is 2.04. The molecule has 0 aliphatic carbocycles. The van der Waals surface area contributed by atoms with E-state index in [0.29, 0.717) is 0 Å². The number of carbonyl (C=O) groups is 3. The first-order chi connectivity index (χ1) is 10.2. The van der Waals surface area contributed by atoms with Crippen LogP contribution in [-0.4, -0.2) is 69.9 Å². The first-order valence-electron chi connectivity index (χ1n) is 7.36. The van der Waals surface area contributed by atoms with E-state index in [1.54, 1.807) is 41.5 Å². The van der Waals surface area contributed by atoms with Gasteiger partial charge in [-0.05, 0) is 41.5 Å². The van der Waals surface area contributed by atoms with Crippen molar-refractivity contribution in [2.24, 2.45) is 0 Å². The molecular formula is C15H26N2O6. The summed E-state index contributed by atoms with van der Waals surface area (Å²) >= 11 is 0. The first kappa shape index (κ1) is 19.1. The van der Waals surface area contributed by atoms with Gasteiger partial charge in [-0.25, -0.2) is 14.4 Å². The van der Waals surface area contributed by atoms with Gasteiger partial charge in [0.25, 0.3) is 0 Å². The number of hydrogen-bond donors (Lipinski definition) is 1. The van der Waals surface area contributed by atoms with Crippen LogP contribution in [0.3, 0.4) is 0 Å². The van der Waals surface area contributed by atoms with Gasteiger partial charge in [-0.3, -0.25) is 4.90 Å². The minimum absolute atomic E-state index is 0.146. The van der Waals surface area contributed by atoms with Crippen molar-refractivity contribution in [2.45, 2.75) is 58.3 Å². The van der Waals surface area contributed by atoms with Gasteiger partial charge in [0.05, 0.1) is 13.1 Å². The number of carbonyl (C=O) groups excluding carboxylic acids is 2. The Balaban J connectivity index is 2.80. The molecule has 132 valence electrons. The molecule has 0 aromatic carbocycles. The van der Waals surface area contributed by atoms with E-state index in [0.717, 1.165) is 4.90 Å². The summed E-state index contributed by atoms with van der Waals surface area (Å²) in [5, 5.41) is 9.51. The van der Waals surface area contributed by atoms with Gasteiger partial charge in [0.1, 0.15) is 11.2 Å². The highest BCUT2D eigenvalue weighted by Crippen LogP contribution is 2.30. The van der Waals surface area contributed by atoms with Crippen LogP contribution in [0.2, 0.25) is 0 Å². The predicted molar refractivity (Wildman–Crippen MR) is 82.2 cm³/mol. The average Bonchev–Trinajstić information content (AvgIpc) is 2.21. The Hall–Kier alpha value is -1.99. The second kappa shape index (κ2) is 5.90. The molecule has 23 heavy (non-hydrogen) atoms. The Labute approximate surface area is 136 Å². The Bertz CT molecular complexity index is 497. The van der Waals surface area contributed by atoms with Gasteiger partial charge < -0.3 is 19.5 Å². The third-order valence-electron chi connectivity index (χ3n) is 3.26. The summed E-state index contributed by atoms with van der Waals surface area (Å²) in [5.41, 5.74) is -2.91. The van der Waals surface area contributed by atoms with Crippen molar-refractivity contribution in [1.82, 2.24) is 9.80 Å². The summed E-state index contributed by atoms with van der Waals surface area (Å²) in [7, 11) is 1.36. The van der Waals surface area contributed by atoms with Crippen LogP contribution < -0.4 is 0 Å². The van der Waals surface area contributed by atoms with Crippen molar-refractivity contribution in [2.75, 3.05) is 20.1 Å². The molecular weight excluding hydrogens is 304 g/mol. The normalized spacial score (nSPS) is 17.1. The zero-order valence-electron chi connectivity index (χ0n) is 14.8. The zero-order valence-corrected chi connectivity index (χ0v) is 14.8. The lowest BCUT2D eigenvalue weighted by Gasteiger charge is -2.50. The molecule has 1 N–H and O–H groups in total. The van der Waals surface area contributed by atoms with Gasteiger partial charge in [-0.2, -0.15) is 0 Å². The summed E-state index contributed by atoms with van der Waals surface area (Å²) < 4.78 is 10.4. The van der Waals surface area contributed by atoms with E-state index < -0.39 is 34.9 Å². The zero-order chi connectivity index (χ0) is 18.2. The number of likely N-dealkylation sites (tertiary alicyclic amines) is 1. The van der Waals surface area contributed by atoms with Gasteiger partial charge in [0, 0.05) is 7.05 Å². The van der Waals surface area contributed by atoms with Crippen molar-refractivity contribution < 1.29 is 29.0 Å². The van der Waals surface area contributed by atoms with Crippen molar-refractivity contribution in [1.29, 1.82) is 0 Å². The standard InChI is InChI=1S/C15H26N2O6/c1-13(2,3)22-11(20)16(7)15(10(18)19)8-17(9-15)12(21)23-14(4,5)6/h8-9H2,1-7H3,(H,18,19). The van der Waals surface area contributed by atoms with Crippen LogP contribution in [0.5, 0.6) is 0 Å². The molecule has 0 aromatic rings. The number of carboxylic acids is 1. The smallest absolute Gasteiger partial charge is 0.411 e. The molecule has 2 amide bonds. The molecule has 8 nitrogen and oxygen atoms in total. The average molecular weight is 330 g/mol. The molecule has 0 atom stereocenters. The van der Waals surface area contributed by atoms with Crippen LogP contribution in [0.4, 0.5) is 9.59 Å². The second-order valence-corrected chi connectivity index (χ2v) is 7.71. The maximum Gasteiger partial charge on any atom is 0.411 e. The molecule has 0 bridgehead atoms. The molecule has 0 unspecified atom stereocenters. The van der Waals surface area contributed by atoms with E-state index in [9.17, 15) is 19.5 Å². The maximum absolute atomic E-state index is 12.1. The number of hydrogen-bond acceptors (Lipinski definition) is 5. The Morgan fingerprint density at radius 3 is 1.78 bits per heavy atom. The Kier molecular flexibility index (Phi) is 4.89. The number of aliphatic carboxylic acids is 1. The minimum atomic E-state index is -1.50. The number of amides is 2. The largest absolute Gasteiger partial charge is 0.479 e. The third kappa shape index (κ3) is 4.49. The lowest BCUT2D eigenvalue weighted by atomic mass is 9.88. The van der Waals surface area contributed by atoms with Crippen molar-refractivity contribution in [3.8, 4) is 0 Å². The molecule has 0 saturated carbocycles. The Morgan fingerprint density at radius 1 is 1.00 bits per heavy atom. The van der Waals surface area contributed by atoms with E-state index in [-0.39, 0.29) is 13.1 Å². The quantitative estimate of drug-likeness (QED) is 0.831. The van der Waals surface area contributed by atoms with Crippen molar-refractivity contribution in [3.05, 3.63) is 0 Å². The van der Waals surface area contributed by atoms with Gasteiger partial charge in [-0.15, -0.1) is 0 Å². The van der Waals surface area contributed by atoms with Crippen LogP contribution in [0.1, 0.15) is 41.5 Å². The van der Waals surface area contributed by atoms with Crippen LogP contribution in [-0.2, 0) is 14.3 Å². The van der Waals surface area contributed by atoms with E-state index in [4.69, 9.17) is 9.47 Å². The van der Waals surface area contributed by atoms with Crippen LogP contribution in [0.25, 0.3) is 0 Å². The van der Waals surface area contributed by atoms with E-state index >= 15 is 0 Å². The molecule has 1 heterocycles. The minimum Gasteiger partial charge on any atom is -0.479 e. The number of nitrogens with zero attached hydrogens (tertiary/aromatic N) is 2. The monoisotopic (exact) mass is 330 g/mol. The highest BCUT2D eigenvalue weighted by molar-refractivity contribution is 5.88. The highest BCUT2D eigenvalue weighted by atomic mass is 16.6. The number of likely N-dealkylation sites (N-methyl/N-ethyl adjacent to an activating group) is 1. The lowest BCUT2D eigenvalue weighted by Crippen LogP contribution is -2.75. The van der Waals surface area contributed by atoms with Crippen molar-refractivity contribution >= 4 is 18.2 Å². The number of rotatable bonds is 2. The summed E-state index contributed by atoms with van der Waals surface area (Å²) in [6, 6.07) is 0. The van der Waals surface area contributed by atoms with E-state index in [1.165, 1.54) is 11.9 Å². The molecule has 0 aromatic heterocycles. The summed E-state index contributed by atoms with van der Waals surface area (Å²) in [4.78, 5) is 38.0. The van der Waals surface area contributed by atoms with Gasteiger partial charge in [0.2, 0.25) is 0 Å². The van der Waals surface area contributed by atoms with Crippen molar-refractivity contribution in [3.63, 3.8) is 0 Å². The topological polar surface area (TPSA) is 96.4 Å². The fraction of sp³-hybridized carbons (Fsp3) is 0.800. The first-order valence-corrected chi connectivity index (χ1v) is 7.36. The molecule has 0 radical (unpaired) electrons. The molecule has 1 fully saturated rings. The van der Waals surface area contributed by atoms with Crippen LogP contribution >= 0.6 is 0 Å². The number of ether oxygens (including phenoxy) is 2. The third-order valence-corrected chi connectivity index (χ3v) is 3.26. The molecule has 1 aliphatic rings. The Morgan fingerprint density at radius 2 is 1.43 bits per heavy atom. The summed E-state index contributed by atoms with van der Waals surface area (Å²) in [5.74, 6) is -1.19. The SMILES string of the molecule is CN(C(=O)OC(C)(C)C)C1(C(=O)O)CN(C(=O)OC(C)(C)C)C1. The van der Waals surface area contributed by atoms with E-state index in [1.807, 2.05) is 0 Å². The molecule has 1 rings (SSSR count). The predicted octanol–water partition coefficient (Wildman–Crippen LogP) is 1.93.